The Balaban J connectivity index is 2.09. The Morgan fingerprint density at radius 2 is 1.93 bits per heavy atom. The molecule has 1 heterocycles. The smallest absolute Gasteiger partial charge is 0.241 e. The minimum Gasteiger partial charge on any atom is -0.336 e. The van der Waals surface area contributed by atoms with Crippen molar-refractivity contribution in [3.8, 4) is 0 Å². The predicted molar refractivity (Wildman–Crippen MR) is 57.2 cm³/mol. The lowest BCUT2D eigenvalue weighted by atomic mass is 9.68. The predicted octanol–water partition coefficient (Wildman–Crippen LogP) is 0.575. The second-order valence-corrected chi connectivity index (χ2v) is 7.16. The number of nitrogens with zero attached hydrogens (tertiary/aromatic N) is 1. The molecule has 1 amide bonds. The maximum Gasteiger partial charge on any atom is 0.241 e. The zero-order valence-corrected chi connectivity index (χ0v) is 10.0. The molecule has 1 atom stereocenters. The van der Waals surface area contributed by atoms with Gasteiger partial charge in [-0.25, -0.2) is 8.42 Å². The van der Waals surface area contributed by atoms with E-state index in [1.54, 1.807) is 4.90 Å². The van der Waals surface area contributed by atoms with Crippen LogP contribution in [0.5, 0.6) is 0 Å². The molecule has 1 unspecified atom stereocenters. The number of hydrogen-bond acceptors (Lipinski definition) is 3. The highest BCUT2D eigenvalue weighted by atomic mass is 32.2. The molecule has 0 bridgehead atoms. The van der Waals surface area contributed by atoms with Crippen LogP contribution in [0.25, 0.3) is 0 Å². The van der Waals surface area contributed by atoms with E-state index in [0.717, 1.165) is 38.5 Å². The average Bonchev–Trinajstić information content (AvgIpc) is 1.96. The molecular formula is C10H17NO3S. The highest BCUT2D eigenvalue weighted by molar-refractivity contribution is 7.92. The van der Waals surface area contributed by atoms with E-state index in [1.807, 2.05) is 0 Å². The molecular weight excluding hydrogens is 214 g/mol. The molecule has 0 aromatic carbocycles. The highest BCUT2D eigenvalue weighted by Gasteiger charge is 2.52. The van der Waals surface area contributed by atoms with Crippen molar-refractivity contribution in [3.63, 3.8) is 0 Å². The minimum atomic E-state index is -3.25. The molecule has 4 nitrogen and oxygen atoms in total. The molecule has 0 radical (unpaired) electrons. The first-order valence-corrected chi connectivity index (χ1v) is 7.33. The Morgan fingerprint density at radius 3 is 2.20 bits per heavy atom. The molecule has 5 heteroatoms. The first kappa shape index (κ1) is 10.9. The summed E-state index contributed by atoms with van der Waals surface area (Å²) >= 11 is 0. The SMILES string of the molecule is CC(C(=O)N1CCC12CCC2)S(C)(=O)=O. The Hall–Kier alpha value is -0.580. The van der Waals surface area contributed by atoms with Gasteiger partial charge < -0.3 is 4.90 Å². The van der Waals surface area contributed by atoms with Crippen LogP contribution in [0.15, 0.2) is 0 Å². The number of hydrogen-bond donors (Lipinski definition) is 0. The van der Waals surface area contributed by atoms with Gasteiger partial charge in [0.25, 0.3) is 0 Å². The van der Waals surface area contributed by atoms with E-state index < -0.39 is 15.1 Å². The molecule has 2 aliphatic rings. The summed E-state index contributed by atoms with van der Waals surface area (Å²) < 4.78 is 22.6. The molecule has 15 heavy (non-hydrogen) atoms. The second-order valence-electron chi connectivity index (χ2n) is 4.79. The van der Waals surface area contributed by atoms with Crippen LogP contribution in [0, 0.1) is 0 Å². The number of carbonyl (C=O) groups excluding carboxylic acids is 1. The first-order valence-electron chi connectivity index (χ1n) is 5.37. The van der Waals surface area contributed by atoms with E-state index in [-0.39, 0.29) is 11.4 Å². The molecule has 0 aromatic heterocycles. The number of sulfone groups is 1. The molecule has 1 aliphatic heterocycles. The van der Waals surface area contributed by atoms with Crippen LogP contribution in [-0.4, -0.2) is 42.8 Å². The lowest BCUT2D eigenvalue weighted by molar-refractivity contribution is -0.154. The Bertz CT molecular complexity index is 378. The van der Waals surface area contributed by atoms with Gasteiger partial charge >= 0.3 is 0 Å². The monoisotopic (exact) mass is 231 g/mol. The van der Waals surface area contributed by atoms with Crippen LogP contribution < -0.4 is 0 Å². The maximum absolute atomic E-state index is 11.9. The summed E-state index contributed by atoms with van der Waals surface area (Å²) in [5.74, 6) is -0.205. The van der Waals surface area contributed by atoms with Crippen LogP contribution in [-0.2, 0) is 14.6 Å². The molecule has 86 valence electrons. The standard InChI is InChI=1S/C10H17NO3S/c1-8(15(2,13)14)9(12)11-7-6-10(11)4-3-5-10/h8H,3-7H2,1-2H3. The quantitative estimate of drug-likeness (QED) is 0.698. The lowest BCUT2D eigenvalue weighted by Crippen LogP contribution is -2.67. The van der Waals surface area contributed by atoms with Gasteiger partial charge in [-0.1, -0.05) is 0 Å². The van der Waals surface area contributed by atoms with Crippen LogP contribution >= 0.6 is 0 Å². The highest BCUT2D eigenvalue weighted by Crippen LogP contribution is 2.47. The average molecular weight is 231 g/mol. The Labute approximate surface area is 90.6 Å². The van der Waals surface area contributed by atoms with Crippen LogP contribution in [0.1, 0.15) is 32.6 Å². The molecule has 1 saturated carbocycles. The Kier molecular flexibility index (Phi) is 2.33. The van der Waals surface area contributed by atoms with Crippen LogP contribution in [0.3, 0.4) is 0 Å². The fourth-order valence-corrected chi connectivity index (χ4v) is 2.88. The van der Waals surface area contributed by atoms with Crippen molar-refractivity contribution in [2.24, 2.45) is 0 Å². The van der Waals surface area contributed by atoms with Crippen molar-refractivity contribution in [3.05, 3.63) is 0 Å². The van der Waals surface area contributed by atoms with Crippen molar-refractivity contribution < 1.29 is 13.2 Å². The molecule has 1 aliphatic carbocycles. The Morgan fingerprint density at radius 1 is 1.33 bits per heavy atom. The van der Waals surface area contributed by atoms with Crippen LogP contribution in [0.2, 0.25) is 0 Å². The van der Waals surface area contributed by atoms with Crippen molar-refractivity contribution in [2.75, 3.05) is 12.8 Å². The van der Waals surface area contributed by atoms with Crippen molar-refractivity contribution >= 4 is 15.7 Å². The maximum atomic E-state index is 11.9. The van der Waals surface area contributed by atoms with Gasteiger partial charge in [0.2, 0.25) is 5.91 Å². The van der Waals surface area contributed by atoms with E-state index in [1.165, 1.54) is 6.92 Å². The zero-order chi connectivity index (χ0) is 11.3. The third kappa shape index (κ3) is 1.57. The summed E-state index contributed by atoms with van der Waals surface area (Å²) in [6.45, 7) is 2.22. The first-order chi connectivity index (χ1) is 6.87. The molecule has 2 fully saturated rings. The van der Waals surface area contributed by atoms with Crippen molar-refractivity contribution in [1.29, 1.82) is 0 Å². The van der Waals surface area contributed by atoms with E-state index in [4.69, 9.17) is 0 Å². The van der Waals surface area contributed by atoms with E-state index >= 15 is 0 Å². The molecule has 1 spiro atoms. The third-order valence-electron chi connectivity index (χ3n) is 3.91. The molecule has 2 rings (SSSR count). The number of carbonyl (C=O) groups is 1. The van der Waals surface area contributed by atoms with E-state index in [9.17, 15) is 13.2 Å². The molecule has 1 saturated heterocycles. The normalized spacial score (nSPS) is 25.6. The fourth-order valence-electron chi connectivity index (χ4n) is 2.39. The zero-order valence-electron chi connectivity index (χ0n) is 9.19. The van der Waals surface area contributed by atoms with Gasteiger partial charge in [0.15, 0.2) is 9.84 Å². The van der Waals surface area contributed by atoms with Gasteiger partial charge in [0.05, 0.1) is 0 Å². The number of likely N-dealkylation sites (tertiary alicyclic amines) is 1. The van der Waals surface area contributed by atoms with Gasteiger partial charge in [-0.2, -0.15) is 0 Å². The number of amides is 1. The molecule has 0 N–H and O–H groups in total. The topological polar surface area (TPSA) is 54.5 Å². The summed E-state index contributed by atoms with van der Waals surface area (Å²) in [6.07, 6.45) is 5.44. The minimum absolute atomic E-state index is 0.0516. The summed E-state index contributed by atoms with van der Waals surface area (Å²) in [5.41, 5.74) is 0.0516. The van der Waals surface area contributed by atoms with Crippen LogP contribution in [0.4, 0.5) is 0 Å². The largest absolute Gasteiger partial charge is 0.336 e. The number of rotatable bonds is 2. The van der Waals surface area contributed by atoms with Crippen molar-refractivity contribution in [1.82, 2.24) is 4.90 Å². The van der Waals surface area contributed by atoms with Gasteiger partial charge in [0, 0.05) is 18.3 Å². The second kappa shape index (κ2) is 3.20. The summed E-state index contributed by atoms with van der Waals surface area (Å²) in [6, 6.07) is 0. The van der Waals surface area contributed by atoms with Gasteiger partial charge in [-0.15, -0.1) is 0 Å². The van der Waals surface area contributed by atoms with Gasteiger partial charge in [-0.05, 0) is 32.6 Å². The van der Waals surface area contributed by atoms with Gasteiger partial charge in [0.1, 0.15) is 5.25 Å². The third-order valence-corrected chi connectivity index (χ3v) is 5.40. The summed E-state index contributed by atoms with van der Waals surface area (Å²) in [4.78, 5) is 13.7. The van der Waals surface area contributed by atoms with E-state index in [0.29, 0.717) is 0 Å². The van der Waals surface area contributed by atoms with E-state index in [2.05, 4.69) is 0 Å². The van der Waals surface area contributed by atoms with Crippen molar-refractivity contribution in [2.45, 2.75) is 43.4 Å². The van der Waals surface area contributed by atoms with Gasteiger partial charge in [-0.3, -0.25) is 4.79 Å². The summed E-state index contributed by atoms with van der Waals surface area (Å²) in [5, 5.41) is -0.879. The summed E-state index contributed by atoms with van der Waals surface area (Å²) in [7, 11) is -3.25. The molecule has 0 aromatic rings. The lowest BCUT2D eigenvalue weighted by Gasteiger charge is -2.59. The fraction of sp³-hybridized carbons (Fsp3) is 0.900.